The minimum Gasteiger partial charge on any atom is -0.379 e. The standard InChI is InChI=1S/C20H23FN2O4S/c1-15(16-5-3-2-4-6-16)14-22-20(24)17-7-8-18(21)19(13-17)28(25,26)23-9-11-27-12-10-23/h2-8,13,15H,9-12,14H2,1H3,(H,22,24). The Morgan fingerprint density at radius 2 is 1.86 bits per heavy atom. The maximum atomic E-state index is 14.3. The molecule has 0 aliphatic carbocycles. The van der Waals surface area contributed by atoms with Crippen LogP contribution in [0.1, 0.15) is 28.8 Å². The van der Waals surface area contributed by atoms with Gasteiger partial charge in [-0.15, -0.1) is 0 Å². The molecule has 6 nitrogen and oxygen atoms in total. The van der Waals surface area contributed by atoms with Crippen molar-refractivity contribution in [3.05, 3.63) is 65.5 Å². The number of nitrogens with one attached hydrogen (secondary N) is 1. The van der Waals surface area contributed by atoms with Crippen LogP contribution < -0.4 is 5.32 Å². The molecule has 2 aromatic carbocycles. The van der Waals surface area contributed by atoms with E-state index in [0.29, 0.717) is 6.54 Å². The fourth-order valence-corrected chi connectivity index (χ4v) is 4.51. The summed E-state index contributed by atoms with van der Waals surface area (Å²) >= 11 is 0. The maximum absolute atomic E-state index is 14.3. The lowest BCUT2D eigenvalue weighted by Crippen LogP contribution is -2.41. The lowest BCUT2D eigenvalue weighted by Gasteiger charge is -2.26. The van der Waals surface area contributed by atoms with Gasteiger partial charge in [-0.2, -0.15) is 4.31 Å². The number of hydrogen-bond acceptors (Lipinski definition) is 4. The Kier molecular flexibility index (Phi) is 6.43. The zero-order valence-corrected chi connectivity index (χ0v) is 16.4. The summed E-state index contributed by atoms with van der Waals surface area (Å²) in [6, 6.07) is 13.1. The van der Waals surface area contributed by atoms with Gasteiger partial charge in [0.15, 0.2) is 0 Å². The minimum atomic E-state index is -4.02. The number of benzene rings is 2. The Morgan fingerprint density at radius 3 is 2.54 bits per heavy atom. The molecule has 8 heteroatoms. The first kappa shape index (κ1) is 20.4. The van der Waals surface area contributed by atoms with Crippen LogP contribution in [0.2, 0.25) is 0 Å². The number of carbonyl (C=O) groups is 1. The number of rotatable bonds is 6. The monoisotopic (exact) mass is 406 g/mol. The molecule has 28 heavy (non-hydrogen) atoms. The van der Waals surface area contributed by atoms with Crippen molar-refractivity contribution in [2.45, 2.75) is 17.7 Å². The number of carbonyl (C=O) groups excluding carboxylic acids is 1. The summed E-state index contributed by atoms with van der Waals surface area (Å²) in [6.07, 6.45) is 0. The second-order valence-corrected chi connectivity index (χ2v) is 8.59. The highest BCUT2D eigenvalue weighted by atomic mass is 32.2. The Bertz CT molecular complexity index is 928. The van der Waals surface area contributed by atoms with Gasteiger partial charge in [-0.05, 0) is 29.7 Å². The van der Waals surface area contributed by atoms with Crippen LogP contribution in [-0.2, 0) is 14.8 Å². The molecule has 150 valence electrons. The van der Waals surface area contributed by atoms with Crippen LogP contribution in [0.25, 0.3) is 0 Å². The highest BCUT2D eigenvalue weighted by Crippen LogP contribution is 2.22. The van der Waals surface area contributed by atoms with Crippen molar-refractivity contribution in [3.8, 4) is 0 Å². The van der Waals surface area contributed by atoms with E-state index in [0.717, 1.165) is 17.7 Å². The average molecular weight is 406 g/mol. The van der Waals surface area contributed by atoms with Crippen molar-refractivity contribution in [1.29, 1.82) is 0 Å². The molecule has 1 heterocycles. The third-order valence-electron chi connectivity index (χ3n) is 4.72. The Labute approximate surface area is 164 Å². The van der Waals surface area contributed by atoms with Crippen LogP contribution in [0, 0.1) is 5.82 Å². The molecule has 3 rings (SSSR count). The van der Waals surface area contributed by atoms with Gasteiger partial charge in [-0.25, -0.2) is 12.8 Å². The predicted octanol–water partition coefficient (Wildman–Crippen LogP) is 2.38. The Morgan fingerprint density at radius 1 is 1.18 bits per heavy atom. The van der Waals surface area contributed by atoms with Crippen molar-refractivity contribution in [2.75, 3.05) is 32.8 Å². The maximum Gasteiger partial charge on any atom is 0.251 e. The van der Waals surface area contributed by atoms with E-state index in [1.165, 1.54) is 10.4 Å². The first-order chi connectivity index (χ1) is 13.4. The summed E-state index contributed by atoms with van der Waals surface area (Å²) in [5.74, 6) is -1.23. The van der Waals surface area contributed by atoms with Crippen LogP contribution in [0.5, 0.6) is 0 Å². The number of amides is 1. The first-order valence-corrected chi connectivity index (χ1v) is 10.5. The Hall–Kier alpha value is -2.29. The fraction of sp³-hybridized carbons (Fsp3) is 0.350. The SMILES string of the molecule is CC(CNC(=O)c1ccc(F)c(S(=O)(=O)N2CCOCC2)c1)c1ccccc1. The highest BCUT2D eigenvalue weighted by molar-refractivity contribution is 7.89. The number of nitrogens with zero attached hydrogens (tertiary/aromatic N) is 1. The van der Waals surface area contributed by atoms with Gasteiger partial charge in [0.1, 0.15) is 10.7 Å². The Balaban J connectivity index is 1.74. The van der Waals surface area contributed by atoms with Crippen molar-refractivity contribution in [3.63, 3.8) is 0 Å². The molecule has 0 saturated carbocycles. The second-order valence-electron chi connectivity index (χ2n) is 6.68. The summed E-state index contributed by atoms with van der Waals surface area (Å²) in [4.78, 5) is 12.0. The number of morpholine rings is 1. The minimum absolute atomic E-state index is 0.0853. The predicted molar refractivity (Wildman–Crippen MR) is 103 cm³/mol. The smallest absolute Gasteiger partial charge is 0.251 e. The summed E-state index contributed by atoms with van der Waals surface area (Å²) in [5.41, 5.74) is 1.19. The van der Waals surface area contributed by atoms with Gasteiger partial charge >= 0.3 is 0 Å². The van der Waals surface area contributed by atoms with Gasteiger partial charge in [0.2, 0.25) is 10.0 Å². The van der Waals surface area contributed by atoms with Gasteiger partial charge in [0, 0.05) is 25.2 Å². The van der Waals surface area contributed by atoms with Gasteiger partial charge < -0.3 is 10.1 Å². The van der Waals surface area contributed by atoms with E-state index in [1.54, 1.807) is 0 Å². The molecule has 1 fully saturated rings. The molecule has 0 bridgehead atoms. The van der Waals surface area contributed by atoms with Crippen LogP contribution in [-0.4, -0.2) is 51.5 Å². The quantitative estimate of drug-likeness (QED) is 0.799. The molecular formula is C20H23FN2O4S. The summed E-state index contributed by atoms with van der Waals surface area (Å²) in [6.45, 7) is 3.21. The van der Waals surface area contributed by atoms with E-state index in [-0.39, 0.29) is 37.8 Å². The van der Waals surface area contributed by atoms with E-state index in [4.69, 9.17) is 4.74 Å². The van der Waals surface area contributed by atoms with E-state index in [1.807, 2.05) is 37.3 Å². The van der Waals surface area contributed by atoms with Crippen LogP contribution >= 0.6 is 0 Å². The lowest BCUT2D eigenvalue weighted by molar-refractivity contribution is 0.0729. The largest absolute Gasteiger partial charge is 0.379 e. The lowest BCUT2D eigenvalue weighted by atomic mass is 10.0. The summed E-state index contributed by atoms with van der Waals surface area (Å²) in [5, 5.41) is 2.79. The van der Waals surface area contributed by atoms with E-state index in [2.05, 4.69) is 5.32 Å². The van der Waals surface area contributed by atoms with Crippen LogP contribution in [0.3, 0.4) is 0 Å². The third-order valence-corrected chi connectivity index (χ3v) is 6.63. The first-order valence-electron chi connectivity index (χ1n) is 9.10. The molecule has 1 atom stereocenters. The van der Waals surface area contributed by atoms with Gasteiger partial charge in [0.05, 0.1) is 13.2 Å². The number of hydrogen-bond donors (Lipinski definition) is 1. The third kappa shape index (κ3) is 4.57. The molecular weight excluding hydrogens is 383 g/mol. The zero-order chi connectivity index (χ0) is 20.1. The van der Waals surface area contributed by atoms with E-state index >= 15 is 0 Å². The van der Waals surface area contributed by atoms with Gasteiger partial charge in [-0.3, -0.25) is 4.79 Å². The molecule has 1 amide bonds. The normalized spacial score (nSPS) is 16.5. The molecule has 1 N–H and O–H groups in total. The average Bonchev–Trinajstić information content (AvgIpc) is 2.73. The van der Waals surface area contributed by atoms with Crippen molar-refractivity contribution >= 4 is 15.9 Å². The fourth-order valence-electron chi connectivity index (χ4n) is 3.02. The van der Waals surface area contributed by atoms with E-state index in [9.17, 15) is 17.6 Å². The van der Waals surface area contributed by atoms with Crippen molar-refractivity contribution in [2.24, 2.45) is 0 Å². The second kappa shape index (κ2) is 8.81. The van der Waals surface area contributed by atoms with Crippen molar-refractivity contribution in [1.82, 2.24) is 9.62 Å². The van der Waals surface area contributed by atoms with Gasteiger partial charge in [-0.1, -0.05) is 37.3 Å². The zero-order valence-electron chi connectivity index (χ0n) is 15.6. The topological polar surface area (TPSA) is 75.7 Å². The van der Waals surface area contributed by atoms with Crippen LogP contribution in [0.4, 0.5) is 4.39 Å². The molecule has 0 aromatic heterocycles. The molecule has 0 spiro atoms. The number of sulfonamides is 1. The number of halogens is 1. The van der Waals surface area contributed by atoms with Gasteiger partial charge in [0.25, 0.3) is 5.91 Å². The molecule has 2 aromatic rings. The molecule has 0 radical (unpaired) electrons. The van der Waals surface area contributed by atoms with E-state index < -0.39 is 26.6 Å². The number of ether oxygens (including phenoxy) is 1. The summed E-state index contributed by atoms with van der Waals surface area (Å²) in [7, 11) is -4.02. The molecule has 1 aliphatic heterocycles. The summed E-state index contributed by atoms with van der Waals surface area (Å²) < 4.78 is 46.0. The highest BCUT2D eigenvalue weighted by Gasteiger charge is 2.29. The van der Waals surface area contributed by atoms with Crippen molar-refractivity contribution < 1.29 is 22.3 Å². The molecule has 1 unspecified atom stereocenters. The molecule has 1 saturated heterocycles. The van der Waals surface area contributed by atoms with Crippen LogP contribution in [0.15, 0.2) is 53.4 Å². The molecule has 1 aliphatic rings.